The second kappa shape index (κ2) is 3.36. The zero-order valence-corrected chi connectivity index (χ0v) is 7.88. The van der Waals surface area contributed by atoms with Crippen molar-refractivity contribution < 1.29 is 4.42 Å². The van der Waals surface area contributed by atoms with Gasteiger partial charge in [-0.2, -0.15) is 0 Å². The van der Waals surface area contributed by atoms with Crippen LogP contribution >= 0.6 is 23.2 Å². The van der Waals surface area contributed by atoms with Crippen LogP contribution in [-0.2, 0) is 0 Å². The Morgan fingerprint density at radius 2 is 2.15 bits per heavy atom. The van der Waals surface area contributed by atoms with Gasteiger partial charge in [-0.25, -0.2) is 9.97 Å². The number of nitrogens with zero attached hydrogens (tertiary/aromatic N) is 2. The first-order valence-corrected chi connectivity index (χ1v) is 4.25. The van der Waals surface area contributed by atoms with Gasteiger partial charge in [0.05, 0.1) is 11.8 Å². The van der Waals surface area contributed by atoms with Gasteiger partial charge in [-0.05, 0) is 23.7 Å². The van der Waals surface area contributed by atoms with Crippen LogP contribution in [0.5, 0.6) is 0 Å². The van der Waals surface area contributed by atoms with Gasteiger partial charge in [0.25, 0.3) is 0 Å². The Kier molecular flexibility index (Phi) is 2.20. The van der Waals surface area contributed by atoms with Crippen molar-refractivity contribution in [3.8, 4) is 11.3 Å². The van der Waals surface area contributed by atoms with Crippen molar-refractivity contribution in [3.63, 3.8) is 0 Å². The van der Waals surface area contributed by atoms with Gasteiger partial charge in [0.15, 0.2) is 0 Å². The molecular formula is C8H4Cl2N2O. The van der Waals surface area contributed by atoms with Crippen LogP contribution in [0, 0.1) is 0 Å². The predicted molar refractivity (Wildman–Crippen MR) is 49.8 cm³/mol. The highest BCUT2D eigenvalue weighted by molar-refractivity contribution is 6.33. The van der Waals surface area contributed by atoms with Gasteiger partial charge in [0, 0.05) is 6.20 Å². The van der Waals surface area contributed by atoms with Crippen LogP contribution in [-0.4, -0.2) is 9.97 Å². The lowest BCUT2D eigenvalue weighted by Gasteiger charge is -1.98. The molecule has 66 valence electrons. The van der Waals surface area contributed by atoms with E-state index in [4.69, 9.17) is 27.6 Å². The number of aromatic nitrogens is 2. The van der Waals surface area contributed by atoms with Crippen LogP contribution in [0.3, 0.4) is 0 Å². The van der Waals surface area contributed by atoms with E-state index >= 15 is 0 Å². The zero-order valence-electron chi connectivity index (χ0n) is 6.37. The number of halogens is 2. The maximum Gasteiger partial charge on any atom is 0.223 e. The third-order valence-electron chi connectivity index (χ3n) is 1.50. The fourth-order valence-corrected chi connectivity index (χ4v) is 1.34. The smallest absolute Gasteiger partial charge is 0.223 e. The van der Waals surface area contributed by atoms with E-state index in [0.29, 0.717) is 11.3 Å². The number of rotatable bonds is 1. The Morgan fingerprint density at radius 3 is 2.77 bits per heavy atom. The van der Waals surface area contributed by atoms with Crippen molar-refractivity contribution in [2.45, 2.75) is 0 Å². The second-order valence-corrected chi connectivity index (χ2v) is 3.02. The maximum atomic E-state index is 5.83. The fourth-order valence-electron chi connectivity index (χ4n) is 0.938. The van der Waals surface area contributed by atoms with Crippen molar-refractivity contribution in [3.05, 3.63) is 35.0 Å². The van der Waals surface area contributed by atoms with Crippen molar-refractivity contribution in [2.75, 3.05) is 0 Å². The average Bonchev–Trinajstić information content (AvgIpc) is 2.56. The van der Waals surface area contributed by atoms with E-state index in [1.807, 2.05) is 0 Å². The van der Waals surface area contributed by atoms with Gasteiger partial charge in [-0.3, -0.25) is 0 Å². The molecule has 5 heteroatoms. The summed E-state index contributed by atoms with van der Waals surface area (Å²) in [7, 11) is 0. The molecule has 0 saturated carbocycles. The first-order valence-electron chi connectivity index (χ1n) is 3.49. The summed E-state index contributed by atoms with van der Waals surface area (Å²) in [5, 5.41) is 0.412. The number of hydrogen-bond donors (Lipinski definition) is 0. The van der Waals surface area contributed by atoms with E-state index in [1.165, 1.54) is 6.20 Å². The molecule has 0 N–H and O–H groups in total. The molecule has 0 aliphatic carbocycles. The lowest BCUT2D eigenvalue weighted by Crippen LogP contribution is -1.85. The minimum absolute atomic E-state index is 0.125. The highest BCUT2D eigenvalue weighted by atomic mass is 35.5. The Hall–Kier alpha value is -1.06. The van der Waals surface area contributed by atoms with Crippen LogP contribution in [0.15, 0.2) is 29.0 Å². The quantitative estimate of drug-likeness (QED) is 0.542. The molecule has 0 bridgehead atoms. The first kappa shape index (κ1) is 8.53. The molecule has 2 aromatic heterocycles. The maximum absolute atomic E-state index is 5.83. The van der Waals surface area contributed by atoms with Crippen LogP contribution in [0.1, 0.15) is 0 Å². The summed E-state index contributed by atoms with van der Waals surface area (Å²) in [6, 6.07) is 3.54. The molecule has 0 fully saturated rings. The molecule has 0 aromatic carbocycles. The molecule has 0 radical (unpaired) electrons. The number of furan rings is 1. The third kappa shape index (κ3) is 1.66. The monoisotopic (exact) mass is 214 g/mol. The molecule has 0 aliphatic rings. The first-order chi connectivity index (χ1) is 6.27. The molecule has 0 saturated heterocycles. The normalized spacial score (nSPS) is 10.3. The minimum Gasteiger partial charge on any atom is -0.464 e. The topological polar surface area (TPSA) is 38.9 Å². The summed E-state index contributed by atoms with van der Waals surface area (Å²) in [5.41, 5.74) is 0.635. The predicted octanol–water partition coefficient (Wildman–Crippen LogP) is 3.04. The van der Waals surface area contributed by atoms with Crippen molar-refractivity contribution in [2.24, 2.45) is 0 Å². The molecule has 13 heavy (non-hydrogen) atoms. The van der Waals surface area contributed by atoms with Crippen LogP contribution in [0.25, 0.3) is 11.3 Å². The Balaban J connectivity index is 2.53. The molecule has 0 unspecified atom stereocenters. The van der Waals surface area contributed by atoms with Crippen LogP contribution in [0.4, 0.5) is 0 Å². The Morgan fingerprint density at radius 1 is 1.31 bits per heavy atom. The molecule has 2 aromatic rings. The number of hydrogen-bond acceptors (Lipinski definition) is 3. The van der Waals surface area contributed by atoms with E-state index in [9.17, 15) is 0 Å². The van der Waals surface area contributed by atoms with E-state index in [-0.39, 0.29) is 10.4 Å². The molecule has 0 atom stereocenters. The highest BCUT2D eigenvalue weighted by Crippen LogP contribution is 2.26. The van der Waals surface area contributed by atoms with E-state index in [1.54, 1.807) is 18.4 Å². The highest BCUT2D eigenvalue weighted by Gasteiger charge is 2.08. The van der Waals surface area contributed by atoms with Crippen LogP contribution < -0.4 is 0 Å². The molecule has 0 spiro atoms. The van der Waals surface area contributed by atoms with Crippen molar-refractivity contribution in [1.29, 1.82) is 0 Å². The second-order valence-electron chi connectivity index (χ2n) is 2.32. The molecule has 2 heterocycles. The summed E-state index contributed by atoms with van der Waals surface area (Å²) in [6.07, 6.45) is 3.08. The van der Waals surface area contributed by atoms with E-state index in [0.717, 1.165) is 0 Å². The molecule has 2 rings (SSSR count). The molecule has 0 amide bonds. The SMILES string of the molecule is Clc1ncc(-c2ccco2)c(Cl)n1. The summed E-state index contributed by atoms with van der Waals surface area (Å²) >= 11 is 11.4. The fraction of sp³-hybridized carbons (Fsp3) is 0. The van der Waals surface area contributed by atoms with Crippen molar-refractivity contribution >= 4 is 23.2 Å². The molecular weight excluding hydrogens is 211 g/mol. The molecule has 0 aliphatic heterocycles. The Labute approximate surface area is 84.3 Å². The molecule has 3 nitrogen and oxygen atoms in total. The van der Waals surface area contributed by atoms with E-state index < -0.39 is 0 Å². The minimum atomic E-state index is 0.125. The standard InChI is InChI=1S/C8H4Cl2N2O/c9-7-5(4-11-8(10)12-7)6-2-1-3-13-6/h1-4H. The average molecular weight is 215 g/mol. The zero-order chi connectivity index (χ0) is 9.26. The van der Waals surface area contributed by atoms with Gasteiger partial charge in [-0.1, -0.05) is 11.6 Å². The lowest BCUT2D eigenvalue weighted by atomic mass is 10.3. The lowest BCUT2D eigenvalue weighted by molar-refractivity contribution is 0.582. The van der Waals surface area contributed by atoms with Gasteiger partial charge < -0.3 is 4.42 Å². The summed E-state index contributed by atoms with van der Waals surface area (Å²) in [4.78, 5) is 7.60. The largest absolute Gasteiger partial charge is 0.464 e. The summed E-state index contributed by atoms with van der Waals surface area (Å²) in [5.74, 6) is 0.627. The van der Waals surface area contributed by atoms with Crippen LogP contribution in [0.2, 0.25) is 10.4 Å². The van der Waals surface area contributed by atoms with Crippen molar-refractivity contribution in [1.82, 2.24) is 9.97 Å². The van der Waals surface area contributed by atoms with Gasteiger partial charge >= 0.3 is 0 Å². The van der Waals surface area contributed by atoms with Gasteiger partial charge in [-0.15, -0.1) is 0 Å². The van der Waals surface area contributed by atoms with Gasteiger partial charge in [0.2, 0.25) is 5.28 Å². The van der Waals surface area contributed by atoms with E-state index in [2.05, 4.69) is 9.97 Å². The summed E-state index contributed by atoms with van der Waals surface area (Å²) in [6.45, 7) is 0. The third-order valence-corrected chi connectivity index (χ3v) is 1.97. The van der Waals surface area contributed by atoms with Gasteiger partial charge in [0.1, 0.15) is 10.9 Å². The Bertz CT molecular complexity index is 414. The summed E-state index contributed by atoms with van der Waals surface area (Å²) < 4.78 is 5.13.